The van der Waals surface area contributed by atoms with E-state index in [1.165, 1.54) is 114 Å². The fraction of sp³-hybridized carbons (Fsp3) is 0.400. The summed E-state index contributed by atoms with van der Waals surface area (Å²) in [6.45, 7) is 4.79. The first-order valence-corrected chi connectivity index (χ1v) is 20.5. The number of rotatable bonds is 5. The standard InChI is InChI=1S/C50H49NO/c1-49(2)45-24-39(17-18-40(45)43-25-44-41-5-3-4-6-47(41)52-48(44)26-46(43)49)51(37-13-9-34(10-14-37)42-23-30-7-8-35(42)22-30)38-15-11-36(12-16-38)50-27-31-19-32(28-50)21-33(20-31)29-50/h3-6,9-18,24-26,30-33,35,42H,7-8,19-23,27-29H2,1-2H3. The van der Waals surface area contributed by atoms with E-state index < -0.39 is 0 Å². The minimum atomic E-state index is -0.145. The summed E-state index contributed by atoms with van der Waals surface area (Å²) in [6.07, 6.45) is 14.4. The predicted octanol–water partition coefficient (Wildman–Crippen LogP) is 13.7. The molecule has 0 saturated heterocycles. The van der Waals surface area contributed by atoms with Crippen molar-refractivity contribution in [1.82, 2.24) is 0 Å². The first kappa shape index (κ1) is 30.2. The van der Waals surface area contributed by atoms with Crippen LogP contribution < -0.4 is 4.90 Å². The molecule has 2 heteroatoms. The van der Waals surface area contributed by atoms with Crippen molar-refractivity contribution in [3.63, 3.8) is 0 Å². The average molecular weight is 680 g/mol. The Bertz CT molecular complexity index is 2360. The second-order valence-electron chi connectivity index (χ2n) is 18.8. The van der Waals surface area contributed by atoms with Gasteiger partial charge in [0.25, 0.3) is 0 Å². The van der Waals surface area contributed by atoms with Gasteiger partial charge in [-0.15, -0.1) is 0 Å². The highest BCUT2D eigenvalue weighted by atomic mass is 16.3. The number of hydrogen-bond acceptors (Lipinski definition) is 2. The lowest BCUT2D eigenvalue weighted by Crippen LogP contribution is -2.48. The Kier molecular flexibility index (Phi) is 6.18. The molecule has 0 spiro atoms. The van der Waals surface area contributed by atoms with E-state index in [-0.39, 0.29) is 5.41 Å². The fourth-order valence-electron chi connectivity index (χ4n) is 13.5. The second kappa shape index (κ2) is 10.6. The average Bonchev–Trinajstić information content (AvgIpc) is 3.93. The van der Waals surface area contributed by atoms with Crippen LogP contribution in [0.2, 0.25) is 0 Å². The summed E-state index contributed by atoms with van der Waals surface area (Å²) in [5.74, 6) is 5.47. The van der Waals surface area contributed by atoms with Crippen molar-refractivity contribution >= 4 is 39.0 Å². The number of furan rings is 1. The van der Waals surface area contributed by atoms with Gasteiger partial charge in [-0.3, -0.25) is 0 Å². The van der Waals surface area contributed by atoms with Gasteiger partial charge in [0.15, 0.2) is 0 Å². The number of benzene rings is 5. The van der Waals surface area contributed by atoms with Crippen LogP contribution in [0.15, 0.2) is 108 Å². The maximum Gasteiger partial charge on any atom is 0.135 e. The van der Waals surface area contributed by atoms with Gasteiger partial charge in [-0.05, 0) is 187 Å². The van der Waals surface area contributed by atoms with Crippen molar-refractivity contribution in [2.24, 2.45) is 29.6 Å². The molecule has 1 heterocycles. The predicted molar refractivity (Wildman–Crippen MR) is 214 cm³/mol. The van der Waals surface area contributed by atoms with Crippen LogP contribution in [0, 0.1) is 29.6 Å². The third-order valence-corrected chi connectivity index (χ3v) is 15.5. The van der Waals surface area contributed by atoms with Gasteiger partial charge in [0.2, 0.25) is 0 Å². The Morgan fingerprint density at radius 1 is 0.558 bits per heavy atom. The van der Waals surface area contributed by atoms with Crippen LogP contribution in [0.1, 0.15) is 106 Å². The summed E-state index contributed by atoms with van der Waals surface area (Å²) in [4.78, 5) is 2.53. The zero-order chi connectivity index (χ0) is 34.3. The second-order valence-corrected chi connectivity index (χ2v) is 18.8. The third kappa shape index (κ3) is 4.30. The molecule has 0 aliphatic heterocycles. The molecule has 5 aromatic carbocycles. The fourth-order valence-corrected chi connectivity index (χ4v) is 13.5. The van der Waals surface area contributed by atoms with E-state index in [1.807, 2.05) is 0 Å². The van der Waals surface area contributed by atoms with Crippen LogP contribution in [0.25, 0.3) is 33.1 Å². The molecule has 0 N–H and O–H groups in total. The van der Waals surface area contributed by atoms with E-state index in [1.54, 1.807) is 11.1 Å². The lowest BCUT2D eigenvalue weighted by Gasteiger charge is -2.57. The van der Waals surface area contributed by atoms with E-state index >= 15 is 0 Å². The number of hydrogen-bond donors (Lipinski definition) is 0. The Morgan fingerprint density at radius 2 is 1.23 bits per heavy atom. The highest BCUT2D eigenvalue weighted by molar-refractivity contribution is 6.07. The number of para-hydroxylation sites is 1. The highest BCUT2D eigenvalue weighted by Gasteiger charge is 2.51. The highest BCUT2D eigenvalue weighted by Crippen LogP contribution is 2.61. The summed E-state index contributed by atoms with van der Waals surface area (Å²) < 4.78 is 6.39. The van der Waals surface area contributed by atoms with E-state index in [0.29, 0.717) is 5.41 Å². The van der Waals surface area contributed by atoms with Crippen molar-refractivity contribution < 1.29 is 4.42 Å². The molecule has 6 fully saturated rings. The molecule has 1 aromatic heterocycles. The smallest absolute Gasteiger partial charge is 0.135 e. The molecule has 3 atom stereocenters. The molecule has 13 rings (SSSR count). The molecular weight excluding hydrogens is 631 g/mol. The lowest BCUT2D eigenvalue weighted by atomic mass is 9.48. The third-order valence-electron chi connectivity index (χ3n) is 15.5. The summed E-state index contributed by atoms with van der Waals surface area (Å²) in [5, 5.41) is 2.40. The van der Waals surface area contributed by atoms with Crippen LogP contribution in [-0.4, -0.2) is 0 Å². The van der Waals surface area contributed by atoms with Crippen molar-refractivity contribution in [3.8, 4) is 11.1 Å². The molecule has 2 nitrogen and oxygen atoms in total. The molecular formula is C50H49NO. The molecule has 52 heavy (non-hydrogen) atoms. The van der Waals surface area contributed by atoms with E-state index in [0.717, 1.165) is 46.7 Å². The lowest BCUT2D eigenvalue weighted by molar-refractivity contribution is -0.00518. The molecule has 260 valence electrons. The maximum atomic E-state index is 6.39. The molecule has 3 unspecified atom stereocenters. The monoisotopic (exact) mass is 679 g/mol. The first-order chi connectivity index (χ1) is 25.4. The van der Waals surface area contributed by atoms with E-state index in [9.17, 15) is 0 Å². The molecule has 6 aromatic rings. The number of anilines is 3. The van der Waals surface area contributed by atoms with Gasteiger partial charge in [0.05, 0.1) is 0 Å². The van der Waals surface area contributed by atoms with E-state index in [4.69, 9.17) is 4.42 Å². The maximum absolute atomic E-state index is 6.39. The van der Waals surface area contributed by atoms with E-state index in [2.05, 4.69) is 122 Å². The van der Waals surface area contributed by atoms with Crippen molar-refractivity contribution in [2.45, 2.75) is 94.8 Å². The Balaban J connectivity index is 0.956. The van der Waals surface area contributed by atoms with Gasteiger partial charge in [0.1, 0.15) is 11.2 Å². The number of fused-ring (bicyclic) bond motifs is 8. The van der Waals surface area contributed by atoms with Crippen molar-refractivity contribution in [2.75, 3.05) is 4.90 Å². The Morgan fingerprint density at radius 3 is 1.92 bits per heavy atom. The van der Waals surface area contributed by atoms with Crippen LogP contribution >= 0.6 is 0 Å². The Labute approximate surface area is 308 Å². The van der Waals surface area contributed by atoms with Crippen LogP contribution in [0.5, 0.6) is 0 Å². The topological polar surface area (TPSA) is 16.4 Å². The minimum absolute atomic E-state index is 0.145. The molecule has 6 bridgehead atoms. The summed E-state index contributed by atoms with van der Waals surface area (Å²) in [5.41, 5.74) is 14.6. The van der Waals surface area contributed by atoms with Gasteiger partial charge in [-0.25, -0.2) is 0 Å². The van der Waals surface area contributed by atoms with Gasteiger partial charge >= 0.3 is 0 Å². The first-order valence-electron chi connectivity index (χ1n) is 20.5. The van der Waals surface area contributed by atoms with Gasteiger partial charge in [0, 0.05) is 33.2 Å². The summed E-state index contributed by atoms with van der Waals surface area (Å²) >= 11 is 0. The molecule has 7 aliphatic rings. The normalized spacial score (nSPS) is 30.3. The van der Waals surface area contributed by atoms with Gasteiger partial charge < -0.3 is 9.32 Å². The van der Waals surface area contributed by atoms with Gasteiger partial charge in [-0.1, -0.05) is 68.8 Å². The summed E-state index contributed by atoms with van der Waals surface area (Å²) in [7, 11) is 0. The van der Waals surface area contributed by atoms with Crippen LogP contribution in [0.3, 0.4) is 0 Å². The molecule has 0 radical (unpaired) electrons. The number of nitrogens with zero attached hydrogens (tertiary/aromatic N) is 1. The van der Waals surface area contributed by atoms with Crippen LogP contribution in [-0.2, 0) is 10.8 Å². The molecule has 0 amide bonds. The summed E-state index contributed by atoms with van der Waals surface area (Å²) in [6, 6.07) is 40.1. The Hall–Kier alpha value is -4.30. The van der Waals surface area contributed by atoms with Crippen molar-refractivity contribution in [3.05, 3.63) is 125 Å². The van der Waals surface area contributed by atoms with Crippen molar-refractivity contribution in [1.29, 1.82) is 0 Å². The van der Waals surface area contributed by atoms with Gasteiger partial charge in [-0.2, -0.15) is 0 Å². The molecule has 7 aliphatic carbocycles. The zero-order valence-corrected chi connectivity index (χ0v) is 30.7. The van der Waals surface area contributed by atoms with Crippen LogP contribution in [0.4, 0.5) is 17.1 Å². The molecule has 6 saturated carbocycles. The minimum Gasteiger partial charge on any atom is -0.456 e. The largest absolute Gasteiger partial charge is 0.456 e. The quantitative estimate of drug-likeness (QED) is 0.180. The SMILES string of the molecule is CC1(C)c2cc(N(c3ccc(C4CC5CCC4C5)cc3)c3ccc(C45CC6CC(CC(C6)C4)C5)cc3)ccc2-c2cc3c(cc21)oc1ccccc13. The zero-order valence-electron chi connectivity index (χ0n) is 30.7.